The molecule has 0 spiro atoms. The lowest BCUT2D eigenvalue weighted by Crippen LogP contribution is -2.39. The first-order valence-electron chi connectivity index (χ1n) is 7.79. The number of aromatic nitrogens is 1. The van der Waals surface area contributed by atoms with Crippen molar-refractivity contribution in [3.8, 4) is 5.75 Å². The molecule has 2 aromatic rings. The number of methoxy groups -OCH3 is 1. The van der Waals surface area contributed by atoms with Crippen molar-refractivity contribution in [2.24, 2.45) is 4.99 Å². The van der Waals surface area contributed by atoms with Crippen LogP contribution in [0.5, 0.6) is 5.75 Å². The Morgan fingerprint density at radius 2 is 1.88 bits per heavy atom. The molecule has 0 radical (unpaired) electrons. The normalized spacial score (nSPS) is 10.7. The summed E-state index contributed by atoms with van der Waals surface area (Å²) in [5.41, 5.74) is 2.31. The molecule has 1 aromatic carbocycles. The second-order valence-corrected chi connectivity index (χ2v) is 5.10. The van der Waals surface area contributed by atoms with E-state index in [9.17, 15) is 0 Å². The van der Waals surface area contributed by atoms with Crippen molar-refractivity contribution in [3.63, 3.8) is 0 Å². The molecule has 0 saturated carbocycles. The summed E-state index contributed by atoms with van der Waals surface area (Å²) in [5.74, 6) is 1.70. The Bertz CT molecular complexity index is 619. The van der Waals surface area contributed by atoms with Gasteiger partial charge < -0.3 is 15.4 Å². The summed E-state index contributed by atoms with van der Waals surface area (Å²) in [7, 11) is 3.46. The van der Waals surface area contributed by atoms with Crippen LogP contribution in [0.4, 0.5) is 0 Å². The number of halogens is 1. The predicted octanol–water partition coefficient (Wildman–Crippen LogP) is 2.66. The lowest BCUT2D eigenvalue weighted by molar-refractivity contribution is 0.414. The molecule has 0 aliphatic rings. The molecule has 0 amide bonds. The fraction of sp³-hybridized carbons (Fsp3) is 0.333. The smallest absolute Gasteiger partial charge is 0.190 e. The van der Waals surface area contributed by atoms with Crippen LogP contribution in [0.25, 0.3) is 0 Å². The summed E-state index contributed by atoms with van der Waals surface area (Å²) in [5, 5.41) is 6.62. The fourth-order valence-corrected chi connectivity index (χ4v) is 2.23. The van der Waals surface area contributed by atoms with Crippen LogP contribution in [0.3, 0.4) is 0 Å². The van der Waals surface area contributed by atoms with Gasteiger partial charge in [0, 0.05) is 38.4 Å². The molecule has 6 heteroatoms. The molecule has 2 N–H and O–H groups in total. The van der Waals surface area contributed by atoms with Gasteiger partial charge in [0.1, 0.15) is 5.75 Å². The number of aliphatic imine (C=N–C) groups is 1. The van der Waals surface area contributed by atoms with Gasteiger partial charge in [-0.2, -0.15) is 0 Å². The molecule has 1 heterocycles. The van der Waals surface area contributed by atoms with Crippen molar-refractivity contribution in [3.05, 3.63) is 59.9 Å². The molecule has 0 bridgehead atoms. The predicted molar refractivity (Wildman–Crippen MR) is 109 cm³/mol. The number of ether oxygens (including phenoxy) is 1. The van der Waals surface area contributed by atoms with E-state index in [2.05, 4.69) is 32.7 Å². The quantitative estimate of drug-likeness (QED) is 0.395. The minimum absolute atomic E-state index is 0. The molecular weight excluding hydrogens is 415 g/mol. The first kappa shape index (κ1) is 20.2. The molecule has 2 rings (SSSR count). The average molecular weight is 440 g/mol. The third-order valence-corrected chi connectivity index (χ3v) is 3.46. The summed E-state index contributed by atoms with van der Waals surface area (Å²) < 4.78 is 5.24. The second-order valence-electron chi connectivity index (χ2n) is 5.10. The van der Waals surface area contributed by atoms with E-state index in [0.29, 0.717) is 0 Å². The van der Waals surface area contributed by atoms with Crippen molar-refractivity contribution in [1.82, 2.24) is 15.6 Å². The largest absolute Gasteiger partial charge is 0.497 e. The molecule has 0 aliphatic heterocycles. The summed E-state index contributed by atoms with van der Waals surface area (Å²) in [4.78, 5) is 8.54. The van der Waals surface area contributed by atoms with Crippen LogP contribution in [0.15, 0.2) is 53.7 Å². The number of hydrogen-bond acceptors (Lipinski definition) is 3. The van der Waals surface area contributed by atoms with E-state index in [4.69, 9.17) is 4.74 Å². The Balaban J connectivity index is 0.00000288. The van der Waals surface area contributed by atoms with E-state index >= 15 is 0 Å². The van der Waals surface area contributed by atoms with Gasteiger partial charge >= 0.3 is 0 Å². The summed E-state index contributed by atoms with van der Waals surface area (Å²) in [6.07, 6.45) is 3.60. The maximum Gasteiger partial charge on any atom is 0.190 e. The number of hydrogen-bond donors (Lipinski definition) is 2. The Kier molecular flexibility index (Phi) is 9.83. The molecule has 0 fully saturated rings. The topological polar surface area (TPSA) is 58.5 Å². The van der Waals surface area contributed by atoms with Crippen LogP contribution in [0.1, 0.15) is 11.3 Å². The van der Waals surface area contributed by atoms with Crippen LogP contribution in [-0.4, -0.2) is 38.2 Å². The minimum Gasteiger partial charge on any atom is -0.497 e. The number of nitrogens with one attached hydrogen (secondary N) is 2. The Morgan fingerprint density at radius 3 is 2.54 bits per heavy atom. The van der Waals surface area contributed by atoms with Crippen molar-refractivity contribution >= 4 is 29.9 Å². The van der Waals surface area contributed by atoms with Gasteiger partial charge in [-0.15, -0.1) is 24.0 Å². The molecule has 1 aromatic heterocycles. The van der Waals surface area contributed by atoms with E-state index in [0.717, 1.165) is 43.3 Å². The number of nitrogens with zero attached hydrogens (tertiary/aromatic N) is 2. The van der Waals surface area contributed by atoms with E-state index in [1.54, 1.807) is 14.2 Å². The van der Waals surface area contributed by atoms with Crippen molar-refractivity contribution < 1.29 is 4.74 Å². The highest BCUT2D eigenvalue weighted by Gasteiger charge is 2.00. The second kappa shape index (κ2) is 11.7. The molecule has 24 heavy (non-hydrogen) atoms. The van der Waals surface area contributed by atoms with E-state index in [1.807, 2.05) is 36.5 Å². The number of pyridine rings is 1. The van der Waals surface area contributed by atoms with Crippen LogP contribution in [-0.2, 0) is 12.8 Å². The third-order valence-electron chi connectivity index (χ3n) is 3.46. The summed E-state index contributed by atoms with van der Waals surface area (Å²) in [6, 6.07) is 14.1. The lowest BCUT2D eigenvalue weighted by atomic mass is 10.1. The zero-order chi connectivity index (χ0) is 16.3. The SMILES string of the molecule is CN=C(NCCc1cccc(OC)c1)NCCc1ccccn1.I. The van der Waals surface area contributed by atoms with Crippen LogP contribution >= 0.6 is 24.0 Å². The van der Waals surface area contributed by atoms with E-state index in [-0.39, 0.29) is 24.0 Å². The van der Waals surface area contributed by atoms with Gasteiger partial charge in [-0.3, -0.25) is 9.98 Å². The average Bonchev–Trinajstić information content (AvgIpc) is 2.61. The minimum atomic E-state index is 0. The van der Waals surface area contributed by atoms with Crippen LogP contribution in [0, 0.1) is 0 Å². The molecule has 0 unspecified atom stereocenters. The maximum absolute atomic E-state index is 5.24. The summed E-state index contributed by atoms with van der Waals surface area (Å²) >= 11 is 0. The highest BCUT2D eigenvalue weighted by Crippen LogP contribution is 2.12. The van der Waals surface area contributed by atoms with Crippen LogP contribution in [0.2, 0.25) is 0 Å². The molecule has 5 nitrogen and oxygen atoms in total. The maximum atomic E-state index is 5.24. The Morgan fingerprint density at radius 1 is 1.08 bits per heavy atom. The number of benzene rings is 1. The monoisotopic (exact) mass is 440 g/mol. The molecule has 130 valence electrons. The first-order valence-corrected chi connectivity index (χ1v) is 7.79. The molecule has 0 saturated heterocycles. The fourth-order valence-electron chi connectivity index (χ4n) is 2.23. The van der Waals surface area contributed by atoms with E-state index in [1.165, 1.54) is 5.56 Å². The third kappa shape index (κ3) is 7.16. The zero-order valence-corrected chi connectivity index (χ0v) is 16.5. The molecular formula is C18H25IN4O. The first-order chi connectivity index (χ1) is 11.3. The van der Waals surface area contributed by atoms with Gasteiger partial charge in [0.15, 0.2) is 5.96 Å². The van der Waals surface area contributed by atoms with Crippen molar-refractivity contribution in [2.75, 3.05) is 27.2 Å². The van der Waals surface area contributed by atoms with Gasteiger partial charge in [0.2, 0.25) is 0 Å². The van der Waals surface area contributed by atoms with Crippen molar-refractivity contribution in [1.29, 1.82) is 0 Å². The highest BCUT2D eigenvalue weighted by molar-refractivity contribution is 14.0. The highest BCUT2D eigenvalue weighted by atomic mass is 127. The molecule has 0 atom stereocenters. The standard InChI is InChI=1S/C18H24N4O.HI/c1-19-18(22-13-10-16-7-3-4-11-20-16)21-12-9-15-6-5-8-17(14-15)23-2;/h3-8,11,14H,9-10,12-13H2,1-2H3,(H2,19,21,22);1H. The van der Waals surface area contributed by atoms with Gasteiger partial charge in [0.05, 0.1) is 7.11 Å². The van der Waals surface area contributed by atoms with Gasteiger partial charge in [-0.05, 0) is 36.2 Å². The zero-order valence-electron chi connectivity index (χ0n) is 14.2. The van der Waals surface area contributed by atoms with Gasteiger partial charge in [0.25, 0.3) is 0 Å². The summed E-state index contributed by atoms with van der Waals surface area (Å²) in [6.45, 7) is 1.62. The Labute approximate surface area is 161 Å². The van der Waals surface area contributed by atoms with Crippen molar-refractivity contribution in [2.45, 2.75) is 12.8 Å². The van der Waals surface area contributed by atoms with Crippen LogP contribution < -0.4 is 15.4 Å². The van der Waals surface area contributed by atoms with E-state index < -0.39 is 0 Å². The van der Waals surface area contributed by atoms with Gasteiger partial charge in [-0.1, -0.05) is 18.2 Å². The number of guanidine groups is 1. The molecule has 0 aliphatic carbocycles. The Hall–Kier alpha value is -1.83. The number of rotatable bonds is 7. The lowest BCUT2D eigenvalue weighted by Gasteiger charge is -2.12. The van der Waals surface area contributed by atoms with Gasteiger partial charge in [-0.25, -0.2) is 0 Å².